The number of carboxylic acid groups (broad SMARTS) is 1. The van der Waals surface area contributed by atoms with Crippen LogP contribution >= 0.6 is 0 Å². The van der Waals surface area contributed by atoms with Gasteiger partial charge in [-0.1, -0.05) is 12.1 Å². The highest BCUT2D eigenvalue weighted by Crippen LogP contribution is 2.29. The number of aromatic carboxylic acids is 1. The summed E-state index contributed by atoms with van der Waals surface area (Å²) in [6.07, 6.45) is 0. The van der Waals surface area contributed by atoms with E-state index in [2.05, 4.69) is 4.72 Å². The molecule has 0 heterocycles. The Balaban J connectivity index is 2.57. The van der Waals surface area contributed by atoms with Crippen LogP contribution in [0.1, 0.15) is 27.0 Å². The maximum absolute atomic E-state index is 12.8. The van der Waals surface area contributed by atoms with Crippen LogP contribution in [0.5, 0.6) is 5.75 Å². The SMILES string of the molecule is COc1cc(C)c(S(=O)(=O)Nc2c(C)cccc2C(=O)O)c(C)c1. The van der Waals surface area contributed by atoms with Crippen molar-refractivity contribution in [2.45, 2.75) is 25.7 Å². The third-order valence-electron chi connectivity index (χ3n) is 3.68. The molecule has 2 N–H and O–H groups in total. The molecule has 0 amide bonds. The van der Waals surface area contributed by atoms with Gasteiger partial charge in [0.25, 0.3) is 10.0 Å². The van der Waals surface area contributed by atoms with Gasteiger partial charge >= 0.3 is 5.97 Å². The number of hydrogen-bond acceptors (Lipinski definition) is 4. The van der Waals surface area contributed by atoms with Gasteiger partial charge in [0.05, 0.1) is 23.3 Å². The van der Waals surface area contributed by atoms with Gasteiger partial charge in [0.2, 0.25) is 0 Å². The summed E-state index contributed by atoms with van der Waals surface area (Å²) >= 11 is 0. The van der Waals surface area contributed by atoms with E-state index in [4.69, 9.17) is 4.74 Å². The Hall–Kier alpha value is -2.54. The van der Waals surface area contributed by atoms with Crippen LogP contribution in [0.25, 0.3) is 0 Å². The van der Waals surface area contributed by atoms with Crippen LogP contribution in [0.4, 0.5) is 5.69 Å². The number of benzene rings is 2. The maximum atomic E-state index is 12.8. The van der Waals surface area contributed by atoms with E-state index >= 15 is 0 Å². The zero-order chi connectivity index (χ0) is 18.1. The van der Waals surface area contributed by atoms with E-state index in [1.165, 1.54) is 13.2 Å². The average Bonchev–Trinajstić information content (AvgIpc) is 2.47. The topological polar surface area (TPSA) is 92.7 Å². The van der Waals surface area contributed by atoms with E-state index in [9.17, 15) is 18.3 Å². The number of methoxy groups -OCH3 is 1. The lowest BCUT2D eigenvalue weighted by Crippen LogP contribution is -2.18. The minimum absolute atomic E-state index is 0.0691. The first-order valence-corrected chi connectivity index (χ1v) is 8.66. The van der Waals surface area contributed by atoms with Gasteiger partial charge in [-0.15, -0.1) is 0 Å². The van der Waals surface area contributed by atoms with Gasteiger partial charge in [-0.2, -0.15) is 0 Å². The van der Waals surface area contributed by atoms with E-state index < -0.39 is 16.0 Å². The van der Waals surface area contributed by atoms with Gasteiger partial charge in [-0.25, -0.2) is 13.2 Å². The highest BCUT2D eigenvalue weighted by Gasteiger charge is 2.24. The summed E-state index contributed by atoms with van der Waals surface area (Å²) in [5, 5.41) is 9.28. The predicted octanol–water partition coefficient (Wildman–Crippen LogP) is 3.12. The summed E-state index contributed by atoms with van der Waals surface area (Å²) in [6.45, 7) is 4.98. The van der Waals surface area contributed by atoms with Crippen LogP contribution in [-0.2, 0) is 10.0 Å². The molecule has 0 saturated carbocycles. The third kappa shape index (κ3) is 3.35. The van der Waals surface area contributed by atoms with Gasteiger partial charge in [-0.3, -0.25) is 4.72 Å². The van der Waals surface area contributed by atoms with Crippen LogP contribution in [0.15, 0.2) is 35.2 Å². The smallest absolute Gasteiger partial charge is 0.337 e. The molecule has 0 aliphatic rings. The lowest BCUT2D eigenvalue weighted by atomic mass is 10.1. The molecule has 0 aromatic heterocycles. The van der Waals surface area contributed by atoms with Gasteiger partial charge in [0.15, 0.2) is 0 Å². The minimum atomic E-state index is -3.95. The summed E-state index contributed by atoms with van der Waals surface area (Å²) in [4.78, 5) is 11.5. The van der Waals surface area contributed by atoms with E-state index in [-0.39, 0.29) is 16.1 Å². The summed E-state index contributed by atoms with van der Waals surface area (Å²) in [5.74, 6) is -0.634. The van der Waals surface area contributed by atoms with Crippen molar-refractivity contribution in [1.29, 1.82) is 0 Å². The van der Waals surface area contributed by atoms with Crippen LogP contribution in [0.3, 0.4) is 0 Å². The molecule has 0 atom stereocenters. The molecule has 0 bridgehead atoms. The molecule has 0 spiro atoms. The molecular weight excluding hydrogens is 330 g/mol. The molecule has 2 rings (SSSR count). The number of anilines is 1. The molecule has 6 nitrogen and oxygen atoms in total. The number of rotatable bonds is 5. The number of carbonyl (C=O) groups is 1. The number of hydrogen-bond donors (Lipinski definition) is 2. The highest BCUT2D eigenvalue weighted by atomic mass is 32.2. The fraction of sp³-hybridized carbons (Fsp3) is 0.235. The number of ether oxygens (including phenoxy) is 1. The molecule has 0 aliphatic heterocycles. The molecule has 24 heavy (non-hydrogen) atoms. The van der Waals surface area contributed by atoms with Crippen molar-refractivity contribution in [2.75, 3.05) is 11.8 Å². The summed E-state index contributed by atoms with van der Waals surface area (Å²) < 4.78 is 33.2. The Labute approximate surface area is 141 Å². The van der Waals surface area contributed by atoms with Crippen molar-refractivity contribution in [3.05, 3.63) is 52.6 Å². The number of sulfonamides is 1. The Morgan fingerprint density at radius 1 is 1.08 bits per heavy atom. The highest BCUT2D eigenvalue weighted by molar-refractivity contribution is 7.92. The fourth-order valence-corrected chi connectivity index (χ4v) is 4.23. The second-order valence-corrected chi connectivity index (χ2v) is 7.12. The first kappa shape index (κ1) is 17.8. The minimum Gasteiger partial charge on any atom is -0.497 e. The molecule has 0 radical (unpaired) electrons. The van der Waals surface area contributed by atoms with Gasteiger partial charge in [0, 0.05) is 0 Å². The van der Waals surface area contributed by atoms with Crippen molar-refractivity contribution >= 4 is 21.7 Å². The molecular formula is C17H19NO5S. The molecule has 2 aromatic carbocycles. The zero-order valence-electron chi connectivity index (χ0n) is 13.9. The molecule has 0 fully saturated rings. The largest absolute Gasteiger partial charge is 0.497 e. The third-order valence-corrected chi connectivity index (χ3v) is 5.33. The monoisotopic (exact) mass is 349 g/mol. The summed E-state index contributed by atoms with van der Waals surface area (Å²) in [5.41, 5.74) is 1.54. The molecule has 0 unspecified atom stereocenters. The lowest BCUT2D eigenvalue weighted by molar-refractivity contribution is 0.0698. The van der Waals surface area contributed by atoms with E-state index in [0.717, 1.165) is 0 Å². The van der Waals surface area contributed by atoms with Crippen LogP contribution in [-0.4, -0.2) is 26.6 Å². The second-order valence-electron chi connectivity index (χ2n) is 5.50. The van der Waals surface area contributed by atoms with Crippen molar-refractivity contribution in [3.63, 3.8) is 0 Å². The molecule has 0 aliphatic carbocycles. The number of aryl methyl sites for hydroxylation is 3. The quantitative estimate of drug-likeness (QED) is 0.865. The predicted molar refractivity (Wildman–Crippen MR) is 91.4 cm³/mol. The average molecular weight is 349 g/mol. The van der Waals surface area contributed by atoms with Gasteiger partial charge < -0.3 is 9.84 Å². The Morgan fingerprint density at radius 3 is 2.17 bits per heavy atom. The second kappa shape index (κ2) is 6.52. The number of para-hydroxylation sites is 1. The van der Waals surface area contributed by atoms with Gasteiger partial charge in [-0.05, 0) is 55.7 Å². The Morgan fingerprint density at radius 2 is 1.67 bits per heavy atom. The molecule has 0 saturated heterocycles. The van der Waals surface area contributed by atoms with Crippen LogP contribution in [0.2, 0.25) is 0 Å². The fourth-order valence-electron chi connectivity index (χ4n) is 2.62. The first-order chi connectivity index (χ1) is 11.2. The van der Waals surface area contributed by atoms with Crippen molar-refractivity contribution in [3.8, 4) is 5.75 Å². The summed E-state index contributed by atoms with van der Waals surface area (Å²) in [7, 11) is -2.44. The van der Waals surface area contributed by atoms with E-state index in [1.54, 1.807) is 45.0 Å². The number of carboxylic acids is 1. The standard InChI is InChI=1S/C17H19NO5S/c1-10-6-5-7-14(17(19)20)15(10)18-24(21,22)16-11(2)8-13(23-4)9-12(16)3/h5-9,18H,1-4H3,(H,19,20). The molecule has 128 valence electrons. The van der Waals surface area contributed by atoms with Crippen molar-refractivity contribution in [1.82, 2.24) is 0 Å². The van der Waals surface area contributed by atoms with Gasteiger partial charge in [0.1, 0.15) is 5.75 Å². The Bertz CT molecular complexity index is 880. The summed E-state index contributed by atoms with van der Waals surface area (Å²) in [6, 6.07) is 7.83. The molecule has 2 aromatic rings. The van der Waals surface area contributed by atoms with E-state index in [0.29, 0.717) is 22.4 Å². The van der Waals surface area contributed by atoms with Crippen molar-refractivity contribution < 1.29 is 23.1 Å². The Kier molecular flexibility index (Phi) is 4.84. The van der Waals surface area contributed by atoms with Crippen LogP contribution in [0, 0.1) is 20.8 Å². The molecule has 7 heteroatoms. The maximum Gasteiger partial charge on any atom is 0.337 e. The van der Waals surface area contributed by atoms with E-state index in [1.807, 2.05) is 0 Å². The van der Waals surface area contributed by atoms with Crippen molar-refractivity contribution in [2.24, 2.45) is 0 Å². The lowest BCUT2D eigenvalue weighted by Gasteiger charge is -2.17. The first-order valence-electron chi connectivity index (χ1n) is 7.18. The normalized spacial score (nSPS) is 11.2. The number of nitrogens with one attached hydrogen (secondary N) is 1. The zero-order valence-corrected chi connectivity index (χ0v) is 14.7. The van der Waals surface area contributed by atoms with Crippen LogP contribution < -0.4 is 9.46 Å².